The number of nitriles is 1. The van der Waals surface area contributed by atoms with Crippen molar-refractivity contribution >= 4 is 38.5 Å². The van der Waals surface area contributed by atoms with Gasteiger partial charge in [0.05, 0.1) is 23.3 Å². The van der Waals surface area contributed by atoms with Gasteiger partial charge in [-0.25, -0.2) is 13.4 Å². The van der Waals surface area contributed by atoms with E-state index in [1.165, 1.54) is 22.3 Å². The Bertz CT molecular complexity index is 1240. The zero-order valence-electron chi connectivity index (χ0n) is 16.9. The Hall–Kier alpha value is -2.67. The number of pyridine rings is 1. The topological polar surface area (TPSA) is 96.1 Å². The van der Waals surface area contributed by atoms with Gasteiger partial charge in [0, 0.05) is 48.5 Å². The van der Waals surface area contributed by atoms with Crippen LogP contribution in [-0.4, -0.2) is 46.9 Å². The third-order valence-electron chi connectivity index (χ3n) is 5.32. The molecule has 0 aliphatic carbocycles. The molecule has 160 valence electrons. The second-order valence-corrected chi connectivity index (χ2v) is 10.3. The van der Waals surface area contributed by atoms with Crippen LogP contribution >= 0.6 is 11.8 Å². The van der Waals surface area contributed by atoms with Crippen LogP contribution in [0.2, 0.25) is 0 Å². The number of aromatic nitrogens is 2. The molecule has 1 aromatic carbocycles. The van der Waals surface area contributed by atoms with Gasteiger partial charge in [-0.05, 0) is 31.0 Å². The molecule has 3 heterocycles. The third kappa shape index (κ3) is 4.51. The molecule has 0 saturated carbocycles. The first-order chi connectivity index (χ1) is 15.0. The molecule has 2 aromatic heterocycles. The van der Waals surface area contributed by atoms with Gasteiger partial charge >= 0.3 is 0 Å². The van der Waals surface area contributed by atoms with E-state index in [9.17, 15) is 13.2 Å². The first-order valence-corrected chi connectivity index (χ1v) is 12.5. The summed E-state index contributed by atoms with van der Waals surface area (Å²) in [7, 11) is -3.49. The second-order valence-electron chi connectivity index (χ2n) is 7.32. The zero-order chi connectivity index (χ0) is 21.8. The molecule has 0 radical (unpaired) electrons. The quantitative estimate of drug-likeness (QED) is 0.380. The van der Waals surface area contributed by atoms with Crippen LogP contribution in [0.1, 0.15) is 29.6 Å². The Morgan fingerprint density at radius 1 is 1.16 bits per heavy atom. The fourth-order valence-electron chi connectivity index (χ4n) is 3.72. The van der Waals surface area contributed by atoms with E-state index in [2.05, 4.69) is 11.1 Å². The summed E-state index contributed by atoms with van der Waals surface area (Å²) >= 11 is 1.28. The zero-order valence-corrected chi connectivity index (χ0v) is 18.5. The number of hydrogen-bond donors (Lipinski definition) is 0. The molecular formula is C22H22N4O3S2. The third-order valence-corrected chi connectivity index (χ3v) is 8.14. The van der Waals surface area contributed by atoms with E-state index < -0.39 is 10.0 Å². The number of benzene rings is 1. The molecule has 3 aromatic rings. The fourth-order valence-corrected chi connectivity index (χ4v) is 5.91. The summed E-state index contributed by atoms with van der Waals surface area (Å²) in [6.07, 6.45) is 5.32. The highest BCUT2D eigenvalue weighted by Gasteiger charge is 2.27. The van der Waals surface area contributed by atoms with Gasteiger partial charge in [-0.1, -0.05) is 30.0 Å². The summed E-state index contributed by atoms with van der Waals surface area (Å²) in [6, 6.07) is 13.0. The highest BCUT2D eigenvalue weighted by atomic mass is 32.2. The number of carbonyl (C=O) groups is 1. The van der Waals surface area contributed by atoms with Crippen LogP contribution in [0.25, 0.3) is 10.9 Å². The first kappa shape index (κ1) is 21.6. The van der Waals surface area contributed by atoms with Gasteiger partial charge < -0.3 is 4.57 Å². The molecule has 1 saturated heterocycles. The van der Waals surface area contributed by atoms with Crippen LogP contribution in [0.4, 0.5) is 0 Å². The van der Waals surface area contributed by atoms with E-state index in [0.29, 0.717) is 36.6 Å². The van der Waals surface area contributed by atoms with Crippen molar-refractivity contribution in [2.75, 3.05) is 18.8 Å². The lowest BCUT2D eigenvalue weighted by Crippen LogP contribution is -2.27. The van der Waals surface area contributed by atoms with E-state index in [1.807, 2.05) is 35.0 Å². The van der Waals surface area contributed by atoms with Gasteiger partial charge in [0.2, 0.25) is 10.0 Å². The maximum absolute atomic E-state index is 12.9. The predicted octanol–water partition coefficient (Wildman–Crippen LogP) is 3.71. The smallest absolute Gasteiger partial charge is 0.244 e. The van der Waals surface area contributed by atoms with E-state index in [4.69, 9.17) is 5.26 Å². The molecule has 0 N–H and O–H groups in total. The van der Waals surface area contributed by atoms with E-state index in [1.54, 1.807) is 12.1 Å². The number of aryl methyl sites for hydroxylation is 1. The number of nitrogens with zero attached hydrogens (tertiary/aromatic N) is 4. The van der Waals surface area contributed by atoms with Gasteiger partial charge in [-0.15, -0.1) is 0 Å². The highest BCUT2D eigenvalue weighted by molar-refractivity contribution is 7.99. The maximum atomic E-state index is 12.9. The Kier molecular flexibility index (Phi) is 6.41. The SMILES string of the molecule is N#CCCn1cc(C(=O)CSc2ccc(S(=O)(=O)N3CCCC3)cn2)c2ccccc21. The van der Waals surface area contributed by atoms with Crippen LogP contribution in [0.5, 0.6) is 0 Å². The number of ketones is 1. The number of fused-ring (bicyclic) bond motifs is 1. The van der Waals surface area contributed by atoms with Crippen molar-refractivity contribution in [1.82, 2.24) is 13.9 Å². The molecular weight excluding hydrogens is 432 g/mol. The normalized spacial score (nSPS) is 14.7. The Morgan fingerprint density at radius 3 is 2.65 bits per heavy atom. The summed E-state index contributed by atoms with van der Waals surface area (Å²) in [6.45, 7) is 1.64. The predicted molar refractivity (Wildman–Crippen MR) is 119 cm³/mol. The molecule has 0 atom stereocenters. The minimum absolute atomic E-state index is 0.0347. The molecule has 1 aliphatic rings. The van der Waals surface area contributed by atoms with Crippen LogP contribution in [-0.2, 0) is 16.6 Å². The average molecular weight is 455 g/mol. The van der Waals surface area contributed by atoms with Crippen LogP contribution < -0.4 is 0 Å². The number of hydrogen-bond acceptors (Lipinski definition) is 6. The number of para-hydroxylation sites is 1. The lowest BCUT2D eigenvalue weighted by Gasteiger charge is -2.15. The Labute approximate surface area is 185 Å². The molecule has 0 unspecified atom stereocenters. The standard InChI is InChI=1S/C22H22N4O3S2/c23-10-5-11-25-15-19(18-6-1-2-7-20(18)25)21(27)16-30-22-9-8-17(14-24-22)31(28,29)26-12-3-4-13-26/h1-2,6-9,14-15H,3-5,11-13,16H2. The Morgan fingerprint density at radius 2 is 1.94 bits per heavy atom. The maximum Gasteiger partial charge on any atom is 0.244 e. The van der Waals surface area contributed by atoms with Crippen molar-refractivity contribution in [3.05, 3.63) is 54.4 Å². The summed E-state index contributed by atoms with van der Waals surface area (Å²) in [4.78, 5) is 17.3. The van der Waals surface area contributed by atoms with Gasteiger partial charge in [-0.2, -0.15) is 9.57 Å². The van der Waals surface area contributed by atoms with Crippen LogP contribution in [0, 0.1) is 11.3 Å². The Balaban J connectivity index is 1.46. The molecule has 7 nitrogen and oxygen atoms in total. The second kappa shape index (κ2) is 9.22. The van der Waals surface area contributed by atoms with Gasteiger partial charge in [0.15, 0.2) is 5.78 Å². The van der Waals surface area contributed by atoms with Crippen molar-refractivity contribution in [2.45, 2.75) is 35.7 Å². The number of rotatable bonds is 8. The van der Waals surface area contributed by atoms with Crippen LogP contribution in [0.3, 0.4) is 0 Å². The molecule has 1 aliphatic heterocycles. The molecule has 4 rings (SSSR count). The lowest BCUT2D eigenvalue weighted by molar-refractivity contribution is 0.102. The van der Waals surface area contributed by atoms with Gasteiger partial charge in [0.25, 0.3) is 0 Å². The fraction of sp³-hybridized carbons (Fsp3) is 0.318. The van der Waals surface area contributed by atoms with E-state index in [0.717, 1.165) is 23.7 Å². The number of Topliss-reactive ketones (excluding diaryl/α,β-unsaturated/α-hetero) is 1. The van der Waals surface area contributed by atoms with Gasteiger partial charge in [-0.3, -0.25) is 4.79 Å². The molecule has 0 spiro atoms. The van der Waals surface area contributed by atoms with E-state index in [-0.39, 0.29) is 16.4 Å². The minimum Gasteiger partial charge on any atom is -0.346 e. The summed E-state index contributed by atoms with van der Waals surface area (Å²) in [5.41, 5.74) is 1.55. The largest absolute Gasteiger partial charge is 0.346 e. The average Bonchev–Trinajstić information content (AvgIpc) is 3.45. The van der Waals surface area contributed by atoms with Crippen molar-refractivity contribution in [3.63, 3.8) is 0 Å². The van der Waals surface area contributed by atoms with Crippen molar-refractivity contribution < 1.29 is 13.2 Å². The number of thioether (sulfide) groups is 1. The van der Waals surface area contributed by atoms with Gasteiger partial charge in [0.1, 0.15) is 4.90 Å². The molecule has 0 bridgehead atoms. The molecule has 31 heavy (non-hydrogen) atoms. The van der Waals surface area contributed by atoms with E-state index >= 15 is 0 Å². The summed E-state index contributed by atoms with van der Waals surface area (Å²) < 4.78 is 28.6. The summed E-state index contributed by atoms with van der Waals surface area (Å²) in [5, 5.41) is 10.3. The lowest BCUT2D eigenvalue weighted by atomic mass is 10.1. The van der Waals surface area contributed by atoms with Crippen LogP contribution in [0.15, 0.2) is 58.7 Å². The van der Waals surface area contributed by atoms with Crippen molar-refractivity contribution in [2.24, 2.45) is 0 Å². The molecule has 0 amide bonds. The highest BCUT2D eigenvalue weighted by Crippen LogP contribution is 2.26. The van der Waals surface area contributed by atoms with Crippen molar-refractivity contribution in [1.29, 1.82) is 5.26 Å². The number of sulfonamides is 1. The summed E-state index contributed by atoms with van der Waals surface area (Å²) in [5.74, 6) is 0.157. The molecule has 9 heteroatoms. The first-order valence-electron chi connectivity index (χ1n) is 10.1. The molecule has 1 fully saturated rings. The minimum atomic E-state index is -3.49. The van der Waals surface area contributed by atoms with Crippen molar-refractivity contribution in [3.8, 4) is 6.07 Å². The monoisotopic (exact) mass is 454 g/mol. The number of carbonyl (C=O) groups excluding carboxylic acids is 1.